The molecule has 5 rings (SSSR count). The average Bonchev–Trinajstić information content (AvgIpc) is 2.98. The van der Waals surface area contributed by atoms with Gasteiger partial charge >= 0.3 is 0 Å². The first-order valence-electron chi connectivity index (χ1n) is 8.48. The van der Waals surface area contributed by atoms with Crippen LogP contribution in [0, 0.1) is 13.8 Å². The summed E-state index contributed by atoms with van der Waals surface area (Å²) in [5.74, 6) is 0. The van der Waals surface area contributed by atoms with Gasteiger partial charge in [-0.15, -0.1) is 5.10 Å². The minimum Gasteiger partial charge on any atom is -0.374 e. The summed E-state index contributed by atoms with van der Waals surface area (Å²) in [6.45, 7) is 4.31. The molecule has 3 heterocycles. The standard InChI is InChI=1S/C21H18N4/c1-12-7-8-14(13(2)9-12)20-17-10-22-21-19(17)16(11-23-25-21)15-5-3-4-6-18(15)24-20/h3-11,20,24H,1-2H3,(H,22,25). The first-order valence-corrected chi connectivity index (χ1v) is 8.48. The molecular weight excluding hydrogens is 308 g/mol. The molecule has 0 saturated carbocycles. The molecule has 2 aromatic heterocycles. The molecule has 4 heteroatoms. The van der Waals surface area contributed by atoms with Crippen molar-refractivity contribution in [2.24, 2.45) is 0 Å². The molecule has 2 N–H and O–H groups in total. The molecule has 4 aromatic rings. The minimum atomic E-state index is 0.0703. The van der Waals surface area contributed by atoms with Crippen molar-refractivity contribution < 1.29 is 0 Å². The molecule has 0 bridgehead atoms. The second-order valence-corrected chi connectivity index (χ2v) is 6.71. The maximum atomic E-state index is 4.29. The lowest BCUT2D eigenvalue weighted by molar-refractivity contribution is 0.938. The molecule has 0 spiro atoms. The molecule has 25 heavy (non-hydrogen) atoms. The van der Waals surface area contributed by atoms with E-state index in [1.165, 1.54) is 22.3 Å². The van der Waals surface area contributed by atoms with Gasteiger partial charge in [-0.05, 0) is 31.0 Å². The van der Waals surface area contributed by atoms with Crippen LogP contribution in [-0.2, 0) is 0 Å². The Balaban J connectivity index is 1.85. The Morgan fingerprint density at radius 3 is 2.72 bits per heavy atom. The van der Waals surface area contributed by atoms with Crippen LogP contribution in [0.15, 0.2) is 54.9 Å². The Morgan fingerprint density at radius 1 is 0.960 bits per heavy atom. The van der Waals surface area contributed by atoms with Crippen molar-refractivity contribution in [1.82, 2.24) is 15.2 Å². The predicted octanol–water partition coefficient (Wildman–Crippen LogP) is 4.76. The van der Waals surface area contributed by atoms with Crippen LogP contribution in [-0.4, -0.2) is 15.2 Å². The maximum absolute atomic E-state index is 4.29. The number of para-hydroxylation sites is 1. The highest BCUT2D eigenvalue weighted by molar-refractivity contribution is 6.00. The van der Waals surface area contributed by atoms with Crippen molar-refractivity contribution in [3.8, 4) is 11.1 Å². The number of hydrogen-bond donors (Lipinski definition) is 2. The molecule has 122 valence electrons. The largest absolute Gasteiger partial charge is 0.374 e. The van der Waals surface area contributed by atoms with Crippen LogP contribution in [0.5, 0.6) is 0 Å². The molecule has 1 aliphatic rings. The van der Waals surface area contributed by atoms with Gasteiger partial charge in [0.2, 0.25) is 0 Å². The van der Waals surface area contributed by atoms with E-state index in [4.69, 9.17) is 0 Å². The lowest BCUT2D eigenvalue weighted by Crippen LogP contribution is -2.12. The third kappa shape index (κ3) is 2.07. The van der Waals surface area contributed by atoms with Crippen LogP contribution in [0.2, 0.25) is 0 Å². The summed E-state index contributed by atoms with van der Waals surface area (Å²) in [6, 6.07) is 15.1. The molecule has 1 aliphatic heterocycles. The highest BCUT2D eigenvalue weighted by Crippen LogP contribution is 2.43. The fraction of sp³-hybridized carbons (Fsp3) is 0.143. The van der Waals surface area contributed by atoms with E-state index >= 15 is 0 Å². The Labute approximate surface area is 145 Å². The van der Waals surface area contributed by atoms with E-state index in [1.807, 2.05) is 6.20 Å². The summed E-state index contributed by atoms with van der Waals surface area (Å²) in [6.07, 6.45) is 3.93. The van der Waals surface area contributed by atoms with Crippen molar-refractivity contribution >= 4 is 16.7 Å². The minimum absolute atomic E-state index is 0.0703. The van der Waals surface area contributed by atoms with E-state index in [0.29, 0.717) is 0 Å². The SMILES string of the molecule is Cc1ccc(C2Nc3ccccc3-c3cnnc4[nH]cc2c34)c(C)c1. The van der Waals surface area contributed by atoms with Crippen molar-refractivity contribution in [2.75, 3.05) is 5.32 Å². The van der Waals surface area contributed by atoms with Gasteiger partial charge in [0.25, 0.3) is 0 Å². The molecule has 0 saturated heterocycles. The molecule has 4 nitrogen and oxygen atoms in total. The lowest BCUT2D eigenvalue weighted by Gasteiger charge is -2.21. The van der Waals surface area contributed by atoms with Crippen LogP contribution < -0.4 is 5.32 Å². The van der Waals surface area contributed by atoms with Crippen molar-refractivity contribution in [3.05, 3.63) is 77.1 Å². The van der Waals surface area contributed by atoms with E-state index in [0.717, 1.165) is 27.8 Å². The number of aromatic nitrogens is 3. The monoisotopic (exact) mass is 326 g/mol. The molecule has 1 unspecified atom stereocenters. The molecular formula is C21H18N4. The van der Waals surface area contributed by atoms with Crippen molar-refractivity contribution in [3.63, 3.8) is 0 Å². The number of aromatic amines is 1. The van der Waals surface area contributed by atoms with Gasteiger partial charge in [-0.25, -0.2) is 0 Å². The maximum Gasteiger partial charge on any atom is 0.160 e. The zero-order valence-electron chi connectivity index (χ0n) is 14.2. The average molecular weight is 326 g/mol. The third-order valence-corrected chi connectivity index (χ3v) is 5.07. The second kappa shape index (κ2) is 5.18. The van der Waals surface area contributed by atoms with E-state index in [-0.39, 0.29) is 6.04 Å². The van der Waals surface area contributed by atoms with Gasteiger partial charge in [0, 0.05) is 34.0 Å². The zero-order valence-corrected chi connectivity index (χ0v) is 14.2. The van der Waals surface area contributed by atoms with Crippen molar-refractivity contribution in [2.45, 2.75) is 19.9 Å². The van der Waals surface area contributed by atoms with Crippen LogP contribution in [0.4, 0.5) is 5.69 Å². The molecule has 0 fully saturated rings. The highest BCUT2D eigenvalue weighted by atomic mass is 15.1. The lowest BCUT2D eigenvalue weighted by atomic mass is 9.93. The second-order valence-electron chi connectivity index (χ2n) is 6.71. The quantitative estimate of drug-likeness (QED) is 0.530. The Morgan fingerprint density at radius 2 is 1.84 bits per heavy atom. The topological polar surface area (TPSA) is 53.6 Å². The van der Waals surface area contributed by atoms with Gasteiger partial charge in [-0.2, -0.15) is 5.10 Å². The van der Waals surface area contributed by atoms with Crippen LogP contribution in [0.3, 0.4) is 0 Å². The summed E-state index contributed by atoms with van der Waals surface area (Å²) in [5.41, 5.74) is 9.30. The predicted molar refractivity (Wildman–Crippen MR) is 101 cm³/mol. The third-order valence-electron chi connectivity index (χ3n) is 5.07. The first kappa shape index (κ1) is 14.2. The number of nitrogens with zero attached hydrogens (tertiary/aromatic N) is 2. The summed E-state index contributed by atoms with van der Waals surface area (Å²) >= 11 is 0. The Hall–Kier alpha value is -3.14. The zero-order chi connectivity index (χ0) is 17.0. The fourth-order valence-corrected chi connectivity index (χ4v) is 3.90. The molecule has 0 aliphatic carbocycles. The van der Waals surface area contributed by atoms with E-state index in [1.54, 1.807) is 0 Å². The Bertz CT molecular complexity index is 1110. The van der Waals surface area contributed by atoms with Gasteiger partial charge in [0.1, 0.15) is 0 Å². The summed E-state index contributed by atoms with van der Waals surface area (Å²) in [5, 5.41) is 13.4. The number of hydrogen-bond acceptors (Lipinski definition) is 3. The summed E-state index contributed by atoms with van der Waals surface area (Å²) in [4.78, 5) is 3.30. The number of anilines is 1. The molecule has 2 aromatic carbocycles. The van der Waals surface area contributed by atoms with Gasteiger partial charge in [0.05, 0.1) is 12.2 Å². The van der Waals surface area contributed by atoms with E-state index in [2.05, 4.69) is 83.0 Å². The first-order chi connectivity index (χ1) is 12.2. The van der Waals surface area contributed by atoms with Gasteiger partial charge in [0.15, 0.2) is 5.65 Å². The van der Waals surface area contributed by atoms with Crippen LogP contribution >= 0.6 is 0 Å². The van der Waals surface area contributed by atoms with Gasteiger partial charge in [-0.1, -0.05) is 42.0 Å². The number of fused-ring (bicyclic) bond motifs is 2. The van der Waals surface area contributed by atoms with Gasteiger partial charge in [-0.3, -0.25) is 0 Å². The fourth-order valence-electron chi connectivity index (χ4n) is 3.90. The normalized spacial score (nSPS) is 15.5. The number of benzene rings is 2. The summed E-state index contributed by atoms with van der Waals surface area (Å²) < 4.78 is 0. The highest BCUT2D eigenvalue weighted by Gasteiger charge is 2.27. The molecule has 0 radical (unpaired) electrons. The van der Waals surface area contributed by atoms with Crippen LogP contribution in [0.1, 0.15) is 28.3 Å². The number of nitrogens with one attached hydrogen (secondary N) is 2. The number of rotatable bonds is 1. The van der Waals surface area contributed by atoms with Crippen LogP contribution in [0.25, 0.3) is 22.2 Å². The van der Waals surface area contributed by atoms with E-state index in [9.17, 15) is 0 Å². The van der Waals surface area contributed by atoms with Crippen molar-refractivity contribution in [1.29, 1.82) is 0 Å². The Kier molecular flexibility index (Phi) is 2.95. The van der Waals surface area contributed by atoms with E-state index < -0.39 is 0 Å². The van der Waals surface area contributed by atoms with Gasteiger partial charge < -0.3 is 10.3 Å². The summed E-state index contributed by atoms with van der Waals surface area (Å²) in [7, 11) is 0. The molecule has 0 amide bonds. The number of H-pyrrole nitrogens is 1. The molecule has 1 atom stereocenters. The number of aryl methyl sites for hydroxylation is 2. The smallest absolute Gasteiger partial charge is 0.160 e.